The van der Waals surface area contributed by atoms with Gasteiger partial charge in [0, 0.05) is 38.8 Å². The second-order valence-electron chi connectivity index (χ2n) is 8.09. The average Bonchev–Trinajstić information content (AvgIpc) is 3.30. The van der Waals surface area contributed by atoms with Crippen LogP contribution in [0.15, 0.2) is 24.4 Å². The van der Waals surface area contributed by atoms with Gasteiger partial charge in [0.25, 0.3) is 5.91 Å². The summed E-state index contributed by atoms with van der Waals surface area (Å²) in [5.74, 6) is 1.47. The monoisotopic (exact) mass is 454 g/mol. The summed E-state index contributed by atoms with van der Waals surface area (Å²) in [6, 6.07) is 3.57. The van der Waals surface area contributed by atoms with E-state index in [-0.39, 0.29) is 11.8 Å². The highest BCUT2D eigenvalue weighted by molar-refractivity contribution is 5.96. The number of amides is 2. The Morgan fingerprint density at radius 2 is 1.58 bits per heavy atom. The minimum atomic E-state index is -0.0984. The lowest BCUT2D eigenvalue weighted by atomic mass is 10.1. The predicted octanol–water partition coefficient (Wildman–Crippen LogP) is 2.24. The van der Waals surface area contributed by atoms with E-state index in [4.69, 9.17) is 14.2 Å². The number of ether oxygens (including phenoxy) is 3. The molecule has 3 heterocycles. The standard InChI is InChI=1S/C24H30N4O5/c1-31-20-14-17(15-21(32-2)23(20)33-3)7-8-22(29)26-10-12-27(13-11-26)24(30)18-16-25-28-9-5-4-6-19(18)28/h7-8,14-16H,4-6,9-13H2,1-3H3/b8-7+. The van der Waals surface area contributed by atoms with Crippen molar-refractivity contribution in [3.05, 3.63) is 41.2 Å². The van der Waals surface area contributed by atoms with E-state index in [9.17, 15) is 9.59 Å². The second kappa shape index (κ2) is 9.97. The van der Waals surface area contributed by atoms with E-state index in [1.165, 1.54) is 6.08 Å². The van der Waals surface area contributed by atoms with Crippen molar-refractivity contribution in [1.82, 2.24) is 19.6 Å². The number of carbonyl (C=O) groups is 2. The molecule has 4 rings (SSSR count). The molecule has 0 spiro atoms. The van der Waals surface area contributed by atoms with Gasteiger partial charge in [0.15, 0.2) is 11.5 Å². The first-order chi connectivity index (χ1) is 16.0. The fraction of sp³-hybridized carbons (Fsp3) is 0.458. The van der Waals surface area contributed by atoms with Crippen molar-refractivity contribution >= 4 is 17.9 Å². The Bertz CT molecular complexity index is 1030. The van der Waals surface area contributed by atoms with Gasteiger partial charge in [-0.1, -0.05) is 0 Å². The van der Waals surface area contributed by atoms with Crippen molar-refractivity contribution in [2.45, 2.75) is 25.8 Å². The van der Waals surface area contributed by atoms with Gasteiger partial charge in [0.05, 0.1) is 38.8 Å². The topological polar surface area (TPSA) is 86.1 Å². The van der Waals surface area contributed by atoms with Crippen LogP contribution < -0.4 is 14.2 Å². The molecule has 2 aromatic rings. The van der Waals surface area contributed by atoms with E-state index in [2.05, 4.69) is 5.10 Å². The fourth-order valence-electron chi connectivity index (χ4n) is 4.37. The summed E-state index contributed by atoms with van der Waals surface area (Å²) in [5, 5.41) is 4.37. The van der Waals surface area contributed by atoms with Crippen molar-refractivity contribution in [3.8, 4) is 17.2 Å². The van der Waals surface area contributed by atoms with Crippen molar-refractivity contribution in [2.24, 2.45) is 0 Å². The van der Waals surface area contributed by atoms with E-state index in [0.717, 1.165) is 37.1 Å². The molecule has 0 bridgehead atoms. The molecule has 0 saturated carbocycles. The number of methoxy groups -OCH3 is 3. The number of carbonyl (C=O) groups excluding carboxylic acids is 2. The zero-order chi connectivity index (χ0) is 23.4. The molecule has 0 radical (unpaired) electrons. The normalized spacial score (nSPS) is 16.0. The molecule has 176 valence electrons. The average molecular weight is 455 g/mol. The minimum absolute atomic E-state index is 0.0122. The first-order valence-corrected chi connectivity index (χ1v) is 11.2. The van der Waals surface area contributed by atoms with Crippen LogP contribution in [0.3, 0.4) is 0 Å². The van der Waals surface area contributed by atoms with Crippen LogP contribution in [0.25, 0.3) is 6.08 Å². The van der Waals surface area contributed by atoms with E-state index in [1.807, 2.05) is 9.58 Å². The largest absolute Gasteiger partial charge is 0.493 e. The molecule has 1 fully saturated rings. The Kier molecular flexibility index (Phi) is 6.86. The van der Waals surface area contributed by atoms with Crippen LogP contribution in [0.5, 0.6) is 17.2 Å². The van der Waals surface area contributed by atoms with Gasteiger partial charge in [0.1, 0.15) is 0 Å². The molecule has 0 unspecified atom stereocenters. The molecule has 1 aromatic carbocycles. The van der Waals surface area contributed by atoms with E-state index in [1.54, 1.807) is 50.6 Å². The summed E-state index contributed by atoms with van der Waals surface area (Å²) < 4.78 is 18.0. The van der Waals surface area contributed by atoms with Crippen LogP contribution in [0.1, 0.15) is 34.5 Å². The first-order valence-electron chi connectivity index (χ1n) is 11.2. The lowest BCUT2D eigenvalue weighted by Crippen LogP contribution is -2.50. The molecule has 1 aromatic heterocycles. The maximum absolute atomic E-state index is 13.0. The molecule has 9 heteroatoms. The third-order valence-electron chi connectivity index (χ3n) is 6.20. The third-order valence-corrected chi connectivity index (χ3v) is 6.20. The van der Waals surface area contributed by atoms with Crippen LogP contribution in [0, 0.1) is 0 Å². The van der Waals surface area contributed by atoms with Gasteiger partial charge in [-0.15, -0.1) is 0 Å². The quantitative estimate of drug-likeness (QED) is 0.623. The van der Waals surface area contributed by atoms with Crippen molar-refractivity contribution in [1.29, 1.82) is 0 Å². The summed E-state index contributed by atoms with van der Waals surface area (Å²) in [6.07, 6.45) is 8.04. The number of hydrogen-bond donors (Lipinski definition) is 0. The zero-order valence-corrected chi connectivity index (χ0v) is 19.4. The van der Waals surface area contributed by atoms with Gasteiger partial charge in [-0.2, -0.15) is 5.10 Å². The maximum Gasteiger partial charge on any atom is 0.257 e. The van der Waals surface area contributed by atoms with Crippen molar-refractivity contribution in [2.75, 3.05) is 47.5 Å². The Balaban J connectivity index is 1.37. The Morgan fingerprint density at radius 1 is 0.909 bits per heavy atom. The van der Waals surface area contributed by atoms with E-state index >= 15 is 0 Å². The number of hydrogen-bond acceptors (Lipinski definition) is 6. The maximum atomic E-state index is 13.0. The molecule has 2 aliphatic heterocycles. The SMILES string of the molecule is COc1cc(/C=C/C(=O)N2CCN(C(=O)c3cnn4c3CCCC4)CC2)cc(OC)c1OC. The summed E-state index contributed by atoms with van der Waals surface area (Å²) >= 11 is 0. The molecule has 2 aliphatic rings. The molecule has 0 N–H and O–H groups in total. The van der Waals surface area contributed by atoms with Crippen molar-refractivity contribution < 1.29 is 23.8 Å². The first kappa shape index (κ1) is 22.7. The van der Waals surface area contributed by atoms with Crippen LogP contribution in [-0.4, -0.2) is 78.9 Å². The van der Waals surface area contributed by atoms with E-state index < -0.39 is 0 Å². The predicted molar refractivity (Wildman–Crippen MR) is 123 cm³/mol. The smallest absolute Gasteiger partial charge is 0.257 e. The number of rotatable bonds is 6. The van der Waals surface area contributed by atoms with Gasteiger partial charge in [-0.25, -0.2) is 0 Å². The Labute approximate surface area is 193 Å². The number of fused-ring (bicyclic) bond motifs is 1. The van der Waals surface area contributed by atoms with Crippen molar-refractivity contribution in [3.63, 3.8) is 0 Å². The fourth-order valence-corrected chi connectivity index (χ4v) is 4.37. The number of piperazine rings is 1. The number of benzene rings is 1. The number of nitrogens with zero attached hydrogens (tertiary/aromatic N) is 4. The zero-order valence-electron chi connectivity index (χ0n) is 19.4. The van der Waals surface area contributed by atoms with Gasteiger partial charge in [-0.05, 0) is 43.0 Å². The highest BCUT2D eigenvalue weighted by Gasteiger charge is 2.27. The lowest BCUT2D eigenvalue weighted by molar-refractivity contribution is -0.127. The summed E-state index contributed by atoms with van der Waals surface area (Å²) in [5.41, 5.74) is 2.51. The molecule has 0 aliphatic carbocycles. The molecule has 33 heavy (non-hydrogen) atoms. The minimum Gasteiger partial charge on any atom is -0.493 e. The summed E-state index contributed by atoms with van der Waals surface area (Å²) in [6.45, 7) is 2.88. The van der Waals surface area contributed by atoms with Crippen LogP contribution in [-0.2, 0) is 17.8 Å². The third kappa shape index (κ3) is 4.67. The molecular weight excluding hydrogens is 424 g/mol. The van der Waals surface area contributed by atoms with Gasteiger partial charge in [0.2, 0.25) is 11.7 Å². The van der Waals surface area contributed by atoms with Gasteiger partial charge >= 0.3 is 0 Å². The molecule has 2 amide bonds. The molecular formula is C24H30N4O5. The number of aryl methyl sites for hydroxylation is 1. The van der Waals surface area contributed by atoms with Gasteiger partial charge < -0.3 is 24.0 Å². The van der Waals surface area contributed by atoms with Gasteiger partial charge in [-0.3, -0.25) is 14.3 Å². The van der Waals surface area contributed by atoms with Crippen LogP contribution in [0.4, 0.5) is 0 Å². The van der Waals surface area contributed by atoms with E-state index in [0.29, 0.717) is 49.0 Å². The highest BCUT2D eigenvalue weighted by atomic mass is 16.5. The summed E-state index contributed by atoms with van der Waals surface area (Å²) in [7, 11) is 4.65. The van der Waals surface area contributed by atoms with Crippen LogP contribution in [0.2, 0.25) is 0 Å². The Morgan fingerprint density at radius 3 is 2.21 bits per heavy atom. The number of aromatic nitrogens is 2. The summed E-state index contributed by atoms with van der Waals surface area (Å²) in [4.78, 5) is 29.3. The molecule has 1 saturated heterocycles. The second-order valence-corrected chi connectivity index (χ2v) is 8.09. The molecule has 0 atom stereocenters. The lowest BCUT2D eigenvalue weighted by Gasteiger charge is -2.34. The van der Waals surface area contributed by atoms with Crippen LogP contribution >= 0.6 is 0 Å². The molecule has 9 nitrogen and oxygen atoms in total. The Hall–Kier alpha value is -3.49. The highest BCUT2D eigenvalue weighted by Crippen LogP contribution is 2.38.